The Morgan fingerprint density at radius 1 is 1.15 bits per heavy atom. The number of rotatable bonds is 3. The van der Waals surface area contributed by atoms with Crippen LogP contribution in [0.4, 0.5) is 0 Å². The van der Waals surface area contributed by atoms with E-state index in [1.165, 1.54) is 32.4 Å². The van der Waals surface area contributed by atoms with Gasteiger partial charge in [0.05, 0.1) is 0 Å². The van der Waals surface area contributed by atoms with Crippen molar-refractivity contribution in [1.29, 1.82) is 0 Å². The first-order chi connectivity index (χ1) is 6.05. The molecule has 2 heteroatoms. The van der Waals surface area contributed by atoms with Crippen molar-refractivity contribution in [3.8, 4) is 0 Å². The minimum Gasteiger partial charge on any atom is -0.396 e. The average Bonchev–Trinajstić information content (AvgIpc) is 2.68. The number of hydrogen-bond acceptors (Lipinski definition) is 2. The second-order valence-electron chi connectivity index (χ2n) is 5.74. The Morgan fingerprint density at radius 2 is 1.85 bits per heavy atom. The summed E-state index contributed by atoms with van der Waals surface area (Å²) >= 11 is 0. The third-order valence-corrected chi connectivity index (χ3v) is 3.73. The maximum Gasteiger partial charge on any atom is 0.0497 e. The summed E-state index contributed by atoms with van der Waals surface area (Å²) in [4.78, 5) is 2.53. The highest BCUT2D eigenvalue weighted by Gasteiger charge is 2.42. The van der Waals surface area contributed by atoms with Gasteiger partial charge in [0.2, 0.25) is 0 Å². The minimum absolute atomic E-state index is 0.186. The van der Waals surface area contributed by atoms with Crippen molar-refractivity contribution in [2.75, 3.05) is 26.2 Å². The molecule has 0 amide bonds. The van der Waals surface area contributed by atoms with E-state index in [4.69, 9.17) is 0 Å². The van der Waals surface area contributed by atoms with Gasteiger partial charge in [-0.3, -0.25) is 0 Å². The van der Waals surface area contributed by atoms with E-state index >= 15 is 0 Å². The highest BCUT2D eigenvalue weighted by molar-refractivity contribution is 4.95. The van der Waals surface area contributed by atoms with Crippen LogP contribution >= 0.6 is 0 Å². The lowest BCUT2D eigenvalue weighted by molar-refractivity contribution is 0.140. The van der Waals surface area contributed by atoms with E-state index in [9.17, 15) is 5.11 Å². The Kier molecular flexibility index (Phi) is 2.16. The molecule has 1 unspecified atom stereocenters. The van der Waals surface area contributed by atoms with Crippen molar-refractivity contribution < 1.29 is 5.11 Å². The highest BCUT2D eigenvalue weighted by atomic mass is 16.3. The second-order valence-corrected chi connectivity index (χ2v) is 5.74. The molecule has 2 nitrogen and oxygen atoms in total. The van der Waals surface area contributed by atoms with Crippen molar-refractivity contribution in [2.24, 2.45) is 10.8 Å². The maximum atomic E-state index is 9.23. The van der Waals surface area contributed by atoms with E-state index in [1.807, 2.05) is 0 Å². The Labute approximate surface area is 80.9 Å². The van der Waals surface area contributed by atoms with E-state index in [0.717, 1.165) is 6.54 Å². The molecular weight excluding hydrogens is 162 g/mol. The van der Waals surface area contributed by atoms with Gasteiger partial charge in [0.15, 0.2) is 0 Å². The molecule has 2 rings (SSSR count). The molecule has 0 radical (unpaired) electrons. The van der Waals surface area contributed by atoms with Crippen LogP contribution in [0.1, 0.15) is 33.1 Å². The van der Waals surface area contributed by atoms with Crippen LogP contribution in [0.5, 0.6) is 0 Å². The molecule has 76 valence electrons. The monoisotopic (exact) mass is 183 g/mol. The van der Waals surface area contributed by atoms with Crippen LogP contribution in [-0.4, -0.2) is 36.2 Å². The molecule has 1 aliphatic carbocycles. The Balaban J connectivity index is 1.84. The first-order valence-electron chi connectivity index (χ1n) is 5.39. The van der Waals surface area contributed by atoms with Gasteiger partial charge < -0.3 is 10.0 Å². The van der Waals surface area contributed by atoms with Crippen molar-refractivity contribution in [2.45, 2.75) is 33.1 Å². The lowest BCUT2D eigenvalue weighted by Crippen LogP contribution is -2.31. The first kappa shape index (κ1) is 9.47. The fourth-order valence-electron chi connectivity index (χ4n) is 2.30. The van der Waals surface area contributed by atoms with Crippen LogP contribution in [0.25, 0.3) is 0 Å². The number of hydrogen-bond donors (Lipinski definition) is 1. The van der Waals surface area contributed by atoms with Crippen molar-refractivity contribution in [3.63, 3.8) is 0 Å². The Morgan fingerprint density at radius 3 is 2.31 bits per heavy atom. The van der Waals surface area contributed by atoms with Crippen LogP contribution in [-0.2, 0) is 0 Å². The molecular formula is C11H21NO. The summed E-state index contributed by atoms with van der Waals surface area (Å²) in [6.07, 6.45) is 3.97. The normalized spacial score (nSPS) is 38.1. The standard InChI is InChI=1S/C11H21NO/c1-10(3-4-10)7-12-6-5-11(2,8-12)9-13/h13H,3-9H2,1-2H3. The van der Waals surface area contributed by atoms with Crippen LogP contribution in [0.3, 0.4) is 0 Å². The van der Waals surface area contributed by atoms with Crippen LogP contribution < -0.4 is 0 Å². The molecule has 1 heterocycles. The lowest BCUT2D eigenvalue weighted by atomic mass is 9.91. The summed E-state index contributed by atoms with van der Waals surface area (Å²) in [5.41, 5.74) is 0.811. The highest BCUT2D eigenvalue weighted by Crippen LogP contribution is 2.46. The number of aliphatic hydroxyl groups excluding tert-OH is 1. The summed E-state index contributed by atoms with van der Waals surface area (Å²) in [7, 11) is 0. The van der Waals surface area contributed by atoms with Gasteiger partial charge in [-0.1, -0.05) is 13.8 Å². The largest absolute Gasteiger partial charge is 0.396 e. The first-order valence-corrected chi connectivity index (χ1v) is 5.39. The summed E-state index contributed by atoms with van der Waals surface area (Å²) < 4.78 is 0. The summed E-state index contributed by atoms with van der Waals surface area (Å²) in [6, 6.07) is 0. The molecule has 1 N–H and O–H groups in total. The third-order valence-electron chi connectivity index (χ3n) is 3.73. The fraction of sp³-hybridized carbons (Fsp3) is 1.00. The second kappa shape index (κ2) is 2.96. The number of aliphatic hydroxyl groups is 1. The topological polar surface area (TPSA) is 23.5 Å². The van der Waals surface area contributed by atoms with E-state index in [2.05, 4.69) is 18.7 Å². The molecule has 0 spiro atoms. The van der Waals surface area contributed by atoms with Crippen molar-refractivity contribution in [1.82, 2.24) is 4.90 Å². The SMILES string of the molecule is CC1(CO)CCN(CC2(C)CC2)C1. The summed E-state index contributed by atoms with van der Waals surface area (Å²) in [5.74, 6) is 0. The molecule has 1 saturated carbocycles. The average molecular weight is 183 g/mol. The van der Waals surface area contributed by atoms with Crippen molar-refractivity contribution in [3.05, 3.63) is 0 Å². The van der Waals surface area contributed by atoms with Gasteiger partial charge in [0.25, 0.3) is 0 Å². The zero-order valence-electron chi connectivity index (χ0n) is 8.84. The van der Waals surface area contributed by atoms with E-state index in [0.29, 0.717) is 12.0 Å². The molecule has 13 heavy (non-hydrogen) atoms. The number of likely N-dealkylation sites (tertiary alicyclic amines) is 1. The van der Waals surface area contributed by atoms with Gasteiger partial charge in [-0.25, -0.2) is 0 Å². The molecule has 2 aliphatic rings. The Bertz CT molecular complexity index is 200. The molecule has 0 aromatic carbocycles. The van der Waals surface area contributed by atoms with Crippen molar-refractivity contribution >= 4 is 0 Å². The summed E-state index contributed by atoms with van der Waals surface area (Å²) in [5, 5.41) is 9.23. The van der Waals surface area contributed by atoms with E-state index < -0.39 is 0 Å². The van der Waals surface area contributed by atoms with Crippen LogP contribution in [0.15, 0.2) is 0 Å². The minimum atomic E-state index is 0.186. The van der Waals surface area contributed by atoms with Gasteiger partial charge in [0.1, 0.15) is 0 Å². The zero-order valence-corrected chi connectivity index (χ0v) is 8.84. The third kappa shape index (κ3) is 2.05. The fourth-order valence-corrected chi connectivity index (χ4v) is 2.30. The predicted octanol–water partition coefficient (Wildman–Crippen LogP) is 1.49. The molecule has 2 fully saturated rings. The summed E-state index contributed by atoms with van der Waals surface area (Å²) in [6.45, 7) is 8.46. The van der Waals surface area contributed by atoms with Gasteiger partial charge in [-0.2, -0.15) is 0 Å². The zero-order chi connectivity index (χ0) is 9.53. The quantitative estimate of drug-likeness (QED) is 0.716. The number of nitrogens with zero attached hydrogens (tertiary/aromatic N) is 1. The van der Waals surface area contributed by atoms with Gasteiger partial charge >= 0.3 is 0 Å². The molecule has 1 atom stereocenters. The Hall–Kier alpha value is -0.0800. The molecule has 0 aromatic rings. The van der Waals surface area contributed by atoms with Crippen LogP contribution in [0, 0.1) is 10.8 Å². The molecule has 0 bridgehead atoms. The van der Waals surface area contributed by atoms with Gasteiger partial charge in [0, 0.05) is 25.1 Å². The smallest absolute Gasteiger partial charge is 0.0497 e. The van der Waals surface area contributed by atoms with Gasteiger partial charge in [-0.05, 0) is 31.2 Å². The molecule has 1 saturated heterocycles. The lowest BCUT2D eigenvalue weighted by Gasteiger charge is -2.24. The maximum absolute atomic E-state index is 9.23. The van der Waals surface area contributed by atoms with Crippen LogP contribution in [0.2, 0.25) is 0 Å². The predicted molar refractivity (Wildman–Crippen MR) is 53.6 cm³/mol. The van der Waals surface area contributed by atoms with Gasteiger partial charge in [-0.15, -0.1) is 0 Å². The van der Waals surface area contributed by atoms with E-state index in [-0.39, 0.29) is 5.41 Å². The molecule has 1 aliphatic heterocycles. The molecule has 0 aromatic heterocycles. The van der Waals surface area contributed by atoms with E-state index in [1.54, 1.807) is 0 Å².